The summed E-state index contributed by atoms with van der Waals surface area (Å²) in [6.45, 7) is 1.34. The number of rotatable bonds is 3. The number of ether oxygens (including phenoxy) is 2. The molecule has 1 aliphatic heterocycles. The number of nitrogens with zero attached hydrogens (tertiary/aromatic N) is 3. The van der Waals surface area contributed by atoms with Crippen LogP contribution in [-0.2, 0) is 0 Å². The minimum Gasteiger partial charge on any atom is -0.493 e. The van der Waals surface area contributed by atoms with Crippen molar-refractivity contribution in [1.82, 2.24) is 9.97 Å². The first-order valence-corrected chi connectivity index (χ1v) is 7.24. The van der Waals surface area contributed by atoms with Gasteiger partial charge in [0.05, 0.1) is 25.8 Å². The predicted octanol–water partition coefficient (Wildman–Crippen LogP) is 1.19. The van der Waals surface area contributed by atoms with Crippen LogP contribution in [0.4, 0.5) is 11.8 Å². The molecule has 7 nitrogen and oxygen atoms in total. The number of fused-ring (bicyclic) bond motifs is 1. The summed E-state index contributed by atoms with van der Waals surface area (Å²) in [7, 11) is 3.15. The van der Waals surface area contributed by atoms with Crippen LogP contribution in [0, 0.1) is 0 Å². The second-order valence-electron chi connectivity index (χ2n) is 5.38. The van der Waals surface area contributed by atoms with Gasteiger partial charge in [-0.2, -0.15) is 4.98 Å². The van der Waals surface area contributed by atoms with Crippen molar-refractivity contribution in [3.63, 3.8) is 0 Å². The second-order valence-corrected chi connectivity index (χ2v) is 5.38. The summed E-state index contributed by atoms with van der Waals surface area (Å²) >= 11 is 0. The van der Waals surface area contributed by atoms with E-state index in [4.69, 9.17) is 15.2 Å². The fourth-order valence-corrected chi connectivity index (χ4v) is 2.74. The van der Waals surface area contributed by atoms with E-state index in [2.05, 4.69) is 9.97 Å². The Morgan fingerprint density at radius 3 is 2.64 bits per heavy atom. The van der Waals surface area contributed by atoms with Gasteiger partial charge in [-0.05, 0) is 18.9 Å². The van der Waals surface area contributed by atoms with Crippen molar-refractivity contribution >= 4 is 22.7 Å². The van der Waals surface area contributed by atoms with Crippen molar-refractivity contribution in [3.05, 3.63) is 12.1 Å². The Bertz CT molecular complexity index is 692. The van der Waals surface area contributed by atoms with E-state index in [0.717, 1.165) is 24.8 Å². The highest BCUT2D eigenvalue weighted by Gasteiger charge is 2.21. The molecule has 1 aromatic heterocycles. The molecule has 118 valence electrons. The second kappa shape index (κ2) is 5.84. The van der Waals surface area contributed by atoms with Crippen molar-refractivity contribution in [1.29, 1.82) is 0 Å². The third-order valence-corrected chi connectivity index (χ3v) is 3.90. The quantitative estimate of drug-likeness (QED) is 0.879. The van der Waals surface area contributed by atoms with E-state index in [9.17, 15) is 5.11 Å². The number of methoxy groups -OCH3 is 2. The molecule has 1 unspecified atom stereocenters. The molecule has 1 aliphatic rings. The smallest absolute Gasteiger partial charge is 0.227 e. The van der Waals surface area contributed by atoms with Gasteiger partial charge >= 0.3 is 0 Å². The average molecular weight is 304 g/mol. The average Bonchev–Trinajstić information content (AvgIpc) is 2.53. The summed E-state index contributed by atoms with van der Waals surface area (Å²) in [5.74, 6) is 2.11. The molecule has 0 radical (unpaired) electrons. The molecule has 3 rings (SSSR count). The molecule has 0 amide bonds. The van der Waals surface area contributed by atoms with Crippen molar-refractivity contribution in [2.45, 2.75) is 18.9 Å². The molecular weight excluding hydrogens is 284 g/mol. The van der Waals surface area contributed by atoms with E-state index in [1.807, 2.05) is 4.90 Å². The standard InChI is InChI=1S/C15H20N4O3/c1-21-12-6-10-11(7-13(12)22-2)17-15(18-14(10)16)19-5-3-4-9(20)8-19/h6-7,9,20H,3-5,8H2,1-2H3,(H2,16,17,18). The molecule has 1 fully saturated rings. The van der Waals surface area contributed by atoms with Gasteiger partial charge in [-0.3, -0.25) is 0 Å². The van der Waals surface area contributed by atoms with Crippen molar-refractivity contribution in [3.8, 4) is 11.5 Å². The number of aliphatic hydroxyl groups excluding tert-OH is 1. The van der Waals surface area contributed by atoms with Gasteiger partial charge in [0.2, 0.25) is 5.95 Å². The zero-order valence-electron chi connectivity index (χ0n) is 12.7. The highest BCUT2D eigenvalue weighted by atomic mass is 16.5. The lowest BCUT2D eigenvalue weighted by atomic mass is 10.1. The predicted molar refractivity (Wildman–Crippen MR) is 84.5 cm³/mol. The molecular formula is C15H20N4O3. The van der Waals surface area contributed by atoms with E-state index in [1.54, 1.807) is 26.4 Å². The molecule has 22 heavy (non-hydrogen) atoms. The van der Waals surface area contributed by atoms with Gasteiger partial charge in [-0.25, -0.2) is 4.98 Å². The molecule has 3 N–H and O–H groups in total. The van der Waals surface area contributed by atoms with E-state index >= 15 is 0 Å². The molecule has 1 aromatic carbocycles. The Morgan fingerprint density at radius 1 is 1.23 bits per heavy atom. The molecule has 2 heterocycles. The van der Waals surface area contributed by atoms with Gasteiger partial charge in [0.15, 0.2) is 11.5 Å². The molecule has 0 saturated carbocycles. The van der Waals surface area contributed by atoms with Crippen LogP contribution in [0.25, 0.3) is 10.9 Å². The van der Waals surface area contributed by atoms with Gasteiger partial charge in [0, 0.05) is 24.5 Å². The molecule has 7 heteroatoms. The summed E-state index contributed by atoms with van der Waals surface area (Å²) < 4.78 is 10.6. The van der Waals surface area contributed by atoms with Crippen LogP contribution in [0.2, 0.25) is 0 Å². The number of nitrogen functional groups attached to an aromatic ring is 1. The summed E-state index contributed by atoms with van der Waals surface area (Å²) in [5, 5.41) is 10.5. The first-order valence-electron chi connectivity index (χ1n) is 7.24. The Morgan fingerprint density at radius 2 is 1.95 bits per heavy atom. The SMILES string of the molecule is COc1cc2nc(N3CCCC(O)C3)nc(N)c2cc1OC. The van der Waals surface area contributed by atoms with E-state index in [-0.39, 0.29) is 6.10 Å². The topological polar surface area (TPSA) is 93.7 Å². The minimum atomic E-state index is -0.348. The maximum Gasteiger partial charge on any atom is 0.227 e. The number of aromatic nitrogens is 2. The number of benzene rings is 1. The number of aliphatic hydroxyl groups is 1. The largest absolute Gasteiger partial charge is 0.493 e. The highest BCUT2D eigenvalue weighted by Crippen LogP contribution is 2.34. The minimum absolute atomic E-state index is 0.348. The summed E-state index contributed by atoms with van der Waals surface area (Å²) in [6.07, 6.45) is 1.37. The molecule has 0 spiro atoms. The first-order chi connectivity index (χ1) is 10.6. The van der Waals surface area contributed by atoms with E-state index in [1.165, 1.54) is 0 Å². The molecule has 1 saturated heterocycles. The first kappa shape index (κ1) is 14.6. The Hall–Kier alpha value is -2.28. The van der Waals surface area contributed by atoms with Crippen LogP contribution in [0.3, 0.4) is 0 Å². The summed E-state index contributed by atoms with van der Waals surface area (Å²) in [6, 6.07) is 3.56. The van der Waals surface area contributed by atoms with Crippen molar-refractivity contribution in [2.24, 2.45) is 0 Å². The fraction of sp³-hybridized carbons (Fsp3) is 0.467. The van der Waals surface area contributed by atoms with Crippen LogP contribution >= 0.6 is 0 Å². The van der Waals surface area contributed by atoms with Crippen molar-refractivity contribution in [2.75, 3.05) is 37.9 Å². The number of β-amino-alcohol motifs (C(OH)–C–C–N with tert-alkyl or cyclic N) is 1. The Balaban J connectivity index is 2.07. The molecule has 0 aliphatic carbocycles. The van der Waals surface area contributed by atoms with E-state index < -0.39 is 0 Å². The van der Waals surface area contributed by atoms with Crippen LogP contribution < -0.4 is 20.1 Å². The van der Waals surface area contributed by atoms with Gasteiger partial charge in [-0.1, -0.05) is 0 Å². The zero-order chi connectivity index (χ0) is 15.7. The normalized spacial score (nSPS) is 18.5. The number of piperidine rings is 1. The van der Waals surface area contributed by atoms with Crippen LogP contribution in [0.1, 0.15) is 12.8 Å². The molecule has 2 aromatic rings. The lowest BCUT2D eigenvalue weighted by molar-refractivity contribution is 0.153. The summed E-state index contributed by atoms with van der Waals surface area (Å²) in [5.41, 5.74) is 6.77. The lowest BCUT2D eigenvalue weighted by Crippen LogP contribution is -2.39. The van der Waals surface area contributed by atoms with Crippen LogP contribution in [0.15, 0.2) is 12.1 Å². The van der Waals surface area contributed by atoms with Gasteiger partial charge in [-0.15, -0.1) is 0 Å². The zero-order valence-corrected chi connectivity index (χ0v) is 12.7. The number of nitrogens with two attached hydrogens (primary N) is 1. The van der Waals surface area contributed by atoms with Crippen molar-refractivity contribution < 1.29 is 14.6 Å². The fourth-order valence-electron chi connectivity index (χ4n) is 2.74. The molecule has 0 bridgehead atoms. The van der Waals surface area contributed by atoms with Crippen LogP contribution in [0.5, 0.6) is 11.5 Å². The Labute approximate surface area is 128 Å². The van der Waals surface area contributed by atoms with E-state index in [0.29, 0.717) is 35.3 Å². The highest BCUT2D eigenvalue weighted by molar-refractivity contribution is 5.91. The maximum absolute atomic E-state index is 9.81. The third kappa shape index (κ3) is 2.59. The van der Waals surface area contributed by atoms with Gasteiger partial charge in [0.25, 0.3) is 0 Å². The monoisotopic (exact) mass is 304 g/mol. The Kier molecular flexibility index (Phi) is 3.89. The van der Waals surface area contributed by atoms with Gasteiger partial charge in [0.1, 0.15) is 5.82 Å². The molecule has 1 atom stereocenters. The number of hydrogen-bond donors (Lipinski definition) is 2. The maximum atomic E-state index is 9.81. The summed E-state index contributed by atoms with van der Waals surface area (Å²) in [4.78, 5) is 10.9. The third-order valence-electron chi connectivity index (χ3n) is 3.90. The number of anilines is 2. The van der Waals surface area contributed by atoms with Gasteiger partial charge < -0.3 is 25.2 Å². The van der Waals surface area contributed by atoms with Crippen LogP contribution in [-0.4, -0.2) is 48.5 Å². The number of hydrogen-bond acceptors (Lipinski definition) is 7. The lowest BCUT2D eigenvalue weighted by Gasteiger charge is -2.30.